The van der Waals surface area contributed by atoms with Crippen molar-refractivity contribution in [2.75, 3.05) is 11.9 Å². The summed E-state index contributed by atoms with van der Waals surface area (Å²) >= 11 is 0. The number of nitrogens with one attached hydrogen (secondary N) is 1. The number of hydrogen-bond acceptors (Lipinski definition) is 5. The van der Waals surface area contributed by atoms with Gasteiger partial charge in [0.1, 0.15) is 6.54 Å². The predicted octanol–water partition coefficient (Wildman–Crippen LogP) is 2.35. The van der Waals surface area contributed by atoms with Gasteiger partial charge in [-0.15, -0.1) is 0 Å². The first-order chi connectivity index (χ1) is 13.3. The summed E-state index contributed by atoms with van der Waals surface area (Å²) in [7, 11) is 0. The molecule has 3 amide bonds. The van der Waals surface area contributed by atoms with Gasteiger partial charge in [0.15, 0.2) is 6.10 Å². The van der Waals surface area contributed by atoms with E-state index >= 15 is 0 Å². The Morgan fingerprint density at radius 3 is 2.36 bits per heavy atom. The van der Waals surface area contributed by atoms with Gasteiger partial charge >= 0.3 is 5.97 Å². The number of ether oxygens (including phenoxy) is 1. The number of benzene rings is 1. The molecule has 2 fully saturated rings. The van der Waals surface area contributed by atoms with Crippen molar-refractivity contribution in [2.45, 2.75) is 52.6 Å². The van der Waals surface area contributed by atoms with E-state index in [1.165, 1.54) is 6.92 Å². The van der Waals surface area contributed by atoms with E-state index in [0.717, 1.165) is 28.9 Å². The minimum absolute atomic E-state index is 0.292. The third-order valence-electron chi connectivity index (χ3n) is 5.55. The number of carbonyl (C=O) groups is 4. The van der Waals surface area contributed by atoms with E-state index in [2.05, 4.69) is 5.32 Å². The van der Waals surface area contributed by atoms with Crippen LogP contribution in [0.1, 0.15) is 43.7 Å². The van der Waals surface area contributed by atoms with Crippen molar-refractivity contribution in [2.24, 2.45) is 11.8 Å². The average molecular weight is 386 g/mol. The molecule has 1 aromatic carbocycles. The molecule has 0 bridgehead atoms. The zero-order chi connectivity index (χ0) is 20.4. The maximum absolute atomic E-state index is 12.4. The molecule has 7 heteroatoms. The maximum atomic E-state index is 12.4. The molecule has 3 unspecified atom stereocenters. The second-order valence-corrected chi connectivity index (χ2v) is 7.70. The smallest absolute Gasteiger partial charge is 0.326 e. The number of fused-ring (bicyclic) bond motifs is 1. The van der Waals surface area contributed by atoms with Crippen LogP contribution in [0.4, 0.5) is 5.69 Å². The average Bonchev–Trinajstić information content (AvgIpc) is 2.90. The van der Waals surface area contributed by atoms with Gasteiger partial charge in [0.2, 0.25) is 11.8 Å². The summed E-state index contributed by atoms with van der Waals surface area (Å²) in [5.74, 6) is -2.42. The van der Waals surface area contributed by atoms with Gasteiger partial charge in [0, 0.05) is 5.69 Å². The van der Waals surface area contributed by atoms with Crippen LogP contribution in [-0.2, 0) is 23.9 Å². The fourth-order valence-electron chi connectivity index (χ4n) is 3.91. The minimum Gasteiger partial charge on any atom is -0.451 e. The van der Waals surface area contributed by atoms with E-state index in [4.69, 9.17) is 4.74 Å². The van der Waals surface area contributed by atoms with Gasteiger partial charge in [-0.1, -0.05) is 25.0 Å². The normalized spacial score (nSPS) is 22.6. The molecule has 1 saturated heterocycles. The Kier molecular flexibility index (Phi) is 5.82. The van der Waals surface area contributed by atoms with Crippen LogP contribution in [0.25, 0.3) is 0 Å². The fraction of sp³-hybridized carbons (Fsp3) is 0.524. The number of rotatable bonds is 5. The summed E-state index contributed by atoms with van der Waals surface area (Å²) in [6, 6.07) is 5.67. The number of aryl methyl sites for hydroxylation is 2. The van der Waals surface area contributed by atoms with E-state index in [-0.39, 0.29) is 23.7 Å². The first-order valence-electron chi connectivity index (χ1n) is 9.70. The lowest BCUT2D eigenvalue weighted by atomic mass is 9.81. The van der Waals surface area contributed by atoms with Gasteiger partial charge in [0.25, 0.3) is 5.91 Å². The van der Waals surface area contributed by atoms with Crippen LogP contribution in [0.15, 0.2) is 18.2 Å². The quantitative estimate of drug-likeness (QED) is 0.619. The molecule has 1 heterocycles. The molecular weight excluding hydrogens is 360 g/mol. The van der Waals surface area contributed by atoms with Gasteiger partial charge in [0.05, 0.1) is 11.8 Å². The Morgan fingerprint density at radius 1 is 1.14 bits per heavy atom. The van der Waals surface area contributed by atoms with Crippen LogP contribution in [0.5, 0.6) is 0 Å². The van der Waals surface area contributed by atoms with Crippen molar-refractivity contribution in [3.8, 4) is 0 Å². The van der Waals surface area contributed by atoms with Crippen LogP contribution in [0, 0.1) is 25.7 Å². The van der Waals surface area contributed by atoms with Gasteiger partial charge < -0.3 is 10.1 Å². The van der Waals surface area contributed by atoms with Crippen molar-refractivity contribution < 1.29 is 23.9 Å². The third kappa shape index (κ3) is 4.08. The van der Waals surface area contributed by atoms with E-state index in [1.54, 1.807) is 0 Å². The van der Waals surface area contributed by atoms with Crippen LogP contribution in [-0.4, -0.2) is 41.2 Å². The summed E-state index contributed by atoms with van der Waals surface area (Å²) in [6.07, 6.45) is 2.19. The maximum Gasteiger partial charge on any atom is 0.326 e. The third-order valence-corrected chi connectivity index (χ3v) is 5.55. The highest BCUT2D eigenvalue weighted by atomic mass is 16.5. The number of imide groups is 1. The van der Waals surface area contributed by atoms with Gasteiger partial charge in [-0.2, -0.15) is 0 Å². The summed E-state index contributed by atoms with van der Waals surface area (Å²) in [5, 5.41) is 2.74. The van der Waals surface area contributed by atoms with Crippen LogP contribution in [0.3, 0.4) is 0 Å². The number of hydrogen-bond donors (Lipinski definition) is 1. The molecule has 0 spiro atoms. The molecular formula is C21H26N2O5. The zero-order valence-electron chi connectivity index (χ0n) is 16.5. The molecule has 150 valence electrons. The number of amides is 3. The van der Waals surface area contributed by atoms with Crippen LogP contribution < -0.4 is 5.32 Å². The van der Waals surface area contributed by atoms with E-state index in [1.807, 2.05) is 32.0 Å². The number of anilines is 1. The van der Waals surface area contributed by atoms with Crippen LogP contribution >= 0.6 is 0 Å². The lowest BCUT2D eigenvalue weighted by molar-refractivity contribution is -0.158. The highest BCUT2D eigenvalue weighted by molar-refractivity contribution is 6.07. The van der Waals surface area contributed by atoms with Crippen molar-refractivity contribution in [3.05, 3.63) is 29.3 Å². The fourth-order valence-corrected chi connectivity index (χ4v) is 3.91. The minimum atomic E-state index is -1.04. The van der Waals surface area contributed by atoms with Crippen LogP contribution in [0.2, 0.25) is 0 Å². The number of carbonyl (C=O) groups excluding carboxylic acids is 4. The Hall–Kier alpha value is -2.70. The largest absolute Gasteiger partial charge is 0.451 e. The monoisotopic (exact) mass is 386 g/mol. The highest BCUT2D eigenvalue weighted by Gasteiger charge is 2.48. The molecule has 7 nitrogen and oxygen atoms in total. The summed E-state index contributed by atoms with van der Waals surface area (Å²) in [4.78, 5) is 50.4. The zero-order valence-corrected chi connectivity index (χ0v) is 16.5. The number of nitrogens with zero attached hydrogens (tertiary/aromatic N) is 1. The molecule has 0 radical (unpaired) electrons. The first-order valence-corrected chi connectivity index (χ1v) is 9.70. The molecule has 3 rings (SSSR count). The number of esters is 1. The van der Waals surface area contributed by atoms with E-state index in [0.29, 0.717) is 18.5 Å². The molecule has 0 aromatic heterocycles. The summed E-state index contributed by atoms with van der Waals surface area (Å²) < 4.78 is 5.17. The van der Waals surface area contributed by atoms with Crippen molar-refractivity contribution in [1.82, 2.24) is 4.90 Å². The molecule has 28 heavy (non-hydrogen) atoms. The van der Waals surface area contributed by atoms with Crippen molar-refractivity contribution in [1.29, 1.82) is 0 Å². The summed E-state index contributed by atoms with van der Waals surface area (Å²) in [6.45, 7) is 4.81. The molecule has 1 aliphatic heterocycles. The molecule has 1 aliphatic carbocycles. The van der Waals surface area contributed by atoms with Gasteiger partial charge in [-0.3, -0.25) is 24.1 Å². The number of likely N-dealkylation sites (tertiary alicyclic amines) is 1. The standard InChI is InChI=1S/C21H26N2O5/c1-12-8-9-13(2)17(10-12)22-19(25)14(3)28-18(24)11-23-20(26)15-6-4-5-7-16(15)21(23)27/h8-10,14-16H,4-7,11H2,1-3H3,(H,22,25). The molecule has 3 atom stereocenters. The van der Waals surface area contributed by atoms with Gasteiger partial charge in [-0.25, -0.2) is 0 Å². The molecule has 2 aliphatic rings. The van der Waals surface area contributed by atoms with Gasteiger partial charge in [-0.05, 0) is 50.8 Å². The highest BCUT2D eigenvalue weighted by Crippen LogP contribution is 2.37. The molecule has 1 saturated carbocycles. The van der Waals surface area contributed by atoms with E-state index in [9.17, 15) is 19.2 Å². The molecule has 1 N–H and O–H groups in total. The lowest BCUT2D eigenvalue weighted by Gasteiger charge is -2.19. The van der Waals surface area contributed by atoms with Crippen molar-refractivity contribution in [3.63, 3.8) is 0 Å². The van der Waals surface area contributed by atoms with E-state index < -0.39 is 24.5 Å². The Bertz CT molecular complexity index is 795. The summed E-state index contributed by atoms with van der Waals surface area (Å²) in [5.41, 5.74) is 2.55. The Morgan fingerprint density at radius 2 is 1.75 bits per heavy atom. The SMILES string of the molecule is Cc1ccc(C)c(NC(=O)C(C)OC(=O)CN2C(=O)C3CCCCC3C2=O)c1. The Balaban J connectivity index is 1.57. The first kappa shape index (κ1) is 20.0. The Labute approximate surface area is 164 Å². The lowest BCUT2D eigenvalue weighted by Crippen LogP contribution is -2.39. The predicted molar refractivity (Wildman–Crippen MR) is 102 cm³/mol. The second kappa shape index (κ2) is 8.12. The van der Waals surface area contributed by atoms with Crippen molar-refractivity contribution >= 4 is 29.4 Å². The second-order valence-electron chi connectivity index (χ2n) is 7.70. The topological polar surface area (TPSA) is 92.8 Å². The molecule has 1 aromatic rings.